The number of aryl methyl sites for hydroxylation is 2. The van der Waals surface area contributed by atoms with Gasteiger partial charge in [0.2, 0.25) is 0 Å². The Balaban J connectivity index is 2.43. The highest BCUT2D eigenvalue weighted by atomic mass is 15.2. The molecule has 0 spiro atoms. The van der Waals surface area contributed by atoms with Crippen LogP contribution in [0.3, 0.4) is 0 Å². The smallest absolute Gasteiger partial charge is 0.151 e. The van der Waals surface area contributed by atoms with Gasteiger partial charge in [-0.15, -0.1) is 5.10 Å². The summed E-state index contributed by atoms with van der Waals surface area (Å²) in [5.74, 6) is 0.974. The van der Waals surface area contributed by atoms with E-state index in [1.54, 1.807) is 0 Å². The van der Waals surface area contributed by atoms with Gasteiger partial charge in [-0.05, 0) is 31.4 Å². The maximum absolute atomic E-state index is 4.06. The second-order valence-corrected chi connectivity index (χ2v) is 2.89. The van der Waals surface area contributed by atoms with Crippen molar-refractivity contribution in [2.24, 2.45) is 0 Å². The molecule has 0 bridgehead atoms. The van der Waals surface area contributed by atoms with Crippen molar-refractivity contribution in [3.8, 4) is 0 Å². The zero-order chi connectivity index (χ0) is 7.68. The molecular formula is C8H11N3. The van der Waals surface area contributed by atoms with E-state index in [2.05, 4.69) is 21.6 Å². The molecule has 0 aromatic carbocycles. The number of hydrogen-bond donors (Lipinski definition) is 1. The van der Waals surface area contributed by atoms with Gasteiger partial charge in [0.1, 0.15) is 0 Å². The molecule has 0 atom stereocenters. The van der Waals surface area contributed by atoms with Crippen molar-refractivity contribution in [3.05, 3.63) is 17.3 Å². The molecule has 2 heterocycles. The number of aromatic nitrogens is 2. The van der Waals surface area contributed by atoms with Crippen LogP contribution in [-0.2, 0) is 6.42 Å². The lowest BCUT2D eigenvalue weighted by molar-refractivity contribution is 0.794. The van der Waals surface area contributed by atoms with Crippen LogP contribution < -0.4 is 5.32 Å². The maximum Gasteiger partial charge on any atom is 0.151 e. The number of nitrogens with zero attached hydrogens (tertiary/aromatic N) is 2. The monoisotopic (exact) mass is 149 g/mol. The van der Waals surface area contributed by atoms with Crippen molar-refractivity contribution in [2.75, 3.05) is 11.9 Å². The Labute approximate surface area is 65.8 Å². The minimum atomic E-state index is 0.974. The van der Waals surface area contributed by atoms with E-state index in [0.29, 0.717) is 0 Å². The van der Waals surface area contributed by atoms with Gasteiger partial charge in [0.15, 0.2) is 5.82 Å². The molecule has 0 saturated carbocycles. The van der Waals surface area contributed by atoms with Gasteiger partial charge < -0.3 is 5.32 Å². The normalized spacial score (nSPS) is 15.4. The van der Waals surface area contributed by atoms with Crippen LogP contribution in [-0.4, -0.2) is 16.7 Å². The van der Waals surface area contributed by atoms with E-state index < -0.39 is 0 Å². The SMILES string of the molecule is Cc1cc2c(nn1)NCCC2. The van der Waals surface area contributed by atoms with E-state index in [0.717, 1.165) is 24.5 Å². The predicted molar refractivity (Wildman–Crippen MR) is 43.6 cm³/mol. The van der Waals surface area contributed by atoms with Crippen molar-refractivity contribution in [3.63, 3.8) is 0 Å². The average molecular weight is 149 g/mol. The van der Waals surface area contributed by atoms with Crippen LogP contribution in [0.4, 0.5) is 5.82 Å². The molecule has 3 heteroatoms. The van der Waals surface area contributed by atoms with Crippen molar-refractivity contribution in [1.29, 1.82) is 0 Å². The van der Waals surface area contributed by atoms with Crippen LogP contribution in [0.5, 0.6) is 0 Å². The molecule has 1 aliphatic rings. The van der Waals surface area contributed by atoms with Crippen LogP contribution in [0.1, 0.15) is 17.7 Å². The summed E-state index contributed by atoms with van der Waals surface area (Å²) in [6.45, 7) is 3.01. The first-order valence-corrected chi connectivity index (χ1v) is 3.93. The highest BCUT2D eigenvalue weighted by Gasteiger charge is 2.09. The Kier molecular flexibility index (Phi) is 1.49. The fraction of sp³-hybridized carbons (Fsp3) is 0.500. The maximum atomic E-state index is 4.06. The van der Waals surface area contributed by atoms with Crippen LogP contribution in [0, 0.1) is 6.92 Å². The van der Waals surface area contributed by atoms with E-state index in [1.807, 2.05) is 6.92 Å². The molecule has 2 rings (SSSR count). The van der Waals surface area contributed by atoms with Gasteiger partial charge >= 0.3 is 0 Å². The van der Waals surface area contributed by atoms with Crippen LogP contribution in [0.15, 0.2) is 6.07 Å². The van der Waals surface area contributed by atoms with Gasteiger partial charge in [-0.1, -0.05) is 0 Å². The molecule has 3 nitrogen and oxygen atoms in total. The molecule has 0 fully saturated rings. The first kappa shape index (κ1) is 6.58. The topological polar surface area (TPSA) is 37.8 Å². The minimum Gasteiger partial charge on any atom is -0.368 e. The first-order chi connectivity index (χ1) is 5.36. The van der Waals surface area contributed by atoms with Gasteiger partial charge in [0.25, 0.3) is 0 Å². The van der Waals surface area contributed by atoms with E-state index in [-0.39, 0.29) is 0 Å². The lowest BCUT2D eigenvalue weighted by Gasteiger charge is -2.15. The number of nitrogens with one attached hydrogen (secondary N) is 1. The van der Waals surface area contributed by atoms with E-state index in [1.165, 1.54) is 12.0 Å². The second-order valence-electron chi connectivity index (χ2n) is 2.89. The van der Waals surface area contributed by atoms with Crippen LogP contribution in [0.2, 0.25) is 0 Å². The quantitative estimate of drug-likeness (QED) is 0.601. The number of rotatable bonds is 0. The summed E-state index contributed by atoms with van der Waals surface area (Å²) in [6.07, 6.45) is 2.34. The zero-order valence-electron chi connectivity index (χ0n) is 6.59. The number of hydrogen-bond acceptors (Lipinski definition) is 3. The zero-order valence-corrected chi connectivity index (χ0v) is 6.59. The van der Waals surface area contributed by atoms with E-state index >= 15 is 0 Å². The molecule has 0 aliphatic carbocycles. The second kappa shape index (κ2) is 2.49. The average Bonchev–Trinajstić information content (AvgIpc) is 2.04. The lowest BCUT2D eigenvalue weighted by Crippen LogP contribution is -2.14. The van der Waals surface area contributed by atoms with Gasteiger partial charge in [0, 0.05) is 6.54 Å². The fourth-order valence-corrected chi connectivity index (χ4v) is 1.37. The van der Waals surface area contributed by atoms with Crippen molar-refractivity contribution in [1.82, 2.24) is 10.2 Å². The van der Waals surface area contributed by atoms with Gasteiger partial charge in [-0.3, -0.25) is 0 Å². The molecule has 0 saturated heterocycles. The largest absolute Gasteiger partial charge is 0.368 e. The molecule has 11 heavy (non-hydrogen) atoms. The van der Waals surface area contributed by atoms with Gasteiger partial charge in [-0.2, -0.15) is 5.10 Å². The molecule has 58 valence electrons. The molecule has 1 aromatic heterocycles. The van der Waals surface area contributed by atoms with Gasteiger partial charge in [0.05, 0.1) is 5.69 Å². The predicted octanol–water partition coefficient (Wildman–Crippen LogP) is 1.14. The summed E-state index contributed by atoms with van der Waals surface area (Å²) < 4.78 is 0. The Morgan fingerprint density at radius 1 is 1.45 bits per heavy atom. The van der Waals surface area contributed by atoms with Crippen LogP contribution in [0.25, 0.3) is 0 Å². The lowest BCUT2D eigenvalue weighted by atomic mass is 10.1. The van der Waals surface area contributed by atoms with E-state index in [9.17, 15) is 0 Å². The molecule has 1 aliphatic heterocycles. The summed E-state index contributed by atoms with van der Waals surface area (Å²) in [7, 11) is 0. The molecule has 1 N–H and O–H groups in total. The Bertz CT molecular complexity index is 270. The minimum absolute atomic E-state index is 0.974. The summed E-state index contributed by atoms with van der Waals surface area (Å²) in [5.41, 5.74) is 2.32. The third-order valence-corrected chi connectivity index (χ3v) is 1.91. The molecule has 0 radical (unpaired) electrons. The Morgan fingerprint density at radius 3 is 3.27 bits per heavy atom. The first-order valence-electron chi connectivity index (χ1n) is 3.93. The highest BCUT2D eigenvalue weighted by molar-refractivity contribution is 5.45. The Morgan fingerprint density at radius 2 is 2.36 bits per heavy atom. The van der Waals surface area contributed by atoms with Crippen molar-refractivity contribution >= 4 is 5.82 Å². The number of fused-ring (bicyclic) bond motifs is 1. The standard InChI is InChI=1S/C8H11N3/c1-6-5-7-3-2-4-9-8(7)11-10-6/h5H,2-4H2,1H3,(H,9,11). The van der Waals surface area contributed by atoms with Crippen molar-refractivity contribution in [2.45, 2.75) is 19.8 Å². The third-order valence-electron chi connectivity index (χ3n) is 1.91. The Hall–Kier alpha value is -1.12. The van der Waals surface area contributed by atoms with Crippen molar-refractivity contribution < 1.29 is 0 Å². The molecule has 0 unspecified atom stereocenters. The number of anilines is 1. The van der Waals surface area contributed by atoms with E-state index in [4.69, 9.17) is 0 Å². The molecular weight excluding hydrogens is 138 g/mol. The fourth-order valence-electron chi connectivity index (χ4n) is 1.37. The molecule has 0 amide bonds. The highest BCUT2D eigenvalue weighted by Crippen LogP contribution is 2.17. The summed E-state index contributed by atoms with van der Waals surface area (Å²) in [6, 6.07) is 2.11. The van der Waals surface area contributed by atoms with Gasteiger partial charge in [-0.25, -0.2) is 0 Å². The summed E-state index contributed by atoms with van der Waals surface area (Å²) >= 11 is 0. The van der Waals surface area contributed by atoms with Crippen LogP contribution >= 0.6 is 0 Å². The summed E-state index contributed by atoms with van der Waals surface area (Å²) in [4.78, 5) is 0. The molecule has 1 aromatic rings. The summed E-state index contributed by atoms with van der Waals surface area (Å²) in [5, 5.41) is 11.3. The third kappa shape index (κ3) is 1.18.